The molecule has 5 heterocycles. The molecule has 0 radical (unpaired) electrons. The van der Waals surface area contributed by atoms with Crippen LogP contribution in [0.1, 0.15) is 35.9 Å². The van der Waals surface area contributed by atoms with Crippen LogP contribution in [0.4, 0.5) is 4.39 Å². The van der Waals surface area contributed by atoms with Crippen LogP contribution in [0.15, 0.2) is 207 Å². The predicted octanol–water partition coefficient (Wildman–Crippen LogP) is 15.7. The number of imidazole rings is 1. The van der Waals surface area contributed by atoms with Gasteiger partial charge in [-0.05, 0) is 112 Å². The summed E-state index contributed by atoms with van der Waals surface area (Å²) >= 11 is 1.88. The van der Waals surface area contributed by atoms with Gasteiger partial charge >= 0.3 is 5.82 Å². The fourth-order valence-electron chi connectivity index (χ4n) is 11.7. The van der Waals surface area contributed by atoms with Gasteiger partial charge in [-0.15, -0.1) is 11.3 Å². The normalized spacial score (nSPS) is 15.6. The minimum absolute atomic E-state index is 0.129. The second kappa shape index (κ2) is 16.6. The summed E-state index contributed by atoms with van der Waals surface area (Å²) in [6, 6.07) is 69.9. The number of thiophene rings is 1. The Morgan fingerprint density at radius 2 is 1.30 bits per heavy atom. The molecule has 0 fully saturated rings. The van der Waals surface area contributed by atoms with Gasteiger partial charge in [0.05, 0.1) is 24.8 Å². The number of hydrogen-bond donors (Lipinski definition) is 0. The van der Waals surface area contributed by atoms with E-state index < -0.39 is 8.07 Å². The van der Waals surface area contributed by atoms with Gasteiger partial charge in [0.1, 0.15) is 17.2 Å². The summed E-state index contributed by atoms with van der Waals surface area (Å²) in [5, 5.41) is 3.85. The zero-order chi connectivity index (χ0) is 47.3. The van der Waals surface area contributed by atoms with E-state index in [0.717, 1.165) is 58.6 Å². The van der Waals surface area contributed by atoms with Gasteiger partial charge in [-0.25, -0.2) is 4.39 Å². The number of halogens is 1. The molecule has 6 heteroatoms. The van der Waals surface area contributed by atoms with Crippen molar-refractivity contribution in [1.82, 2.24) is 4.57 Å². The number of allylic oxidation sites excluding steroid dienone is 1. The third-order valence-corrected chi connectivity index (χ3v) is 18.3. The van der Waals surface area contributed by atoms with Gasteiger partial charge in [0.25, 0.3) is 0 Å². The van der Waals surface area contributed by atoms with Crippen molar-refractivity contribution < 1.29 is 13.5 Å². The van der Waals surface area contributed by atoms with Crippen LogP contribution < -0.4 is 14.3 Å². The molecule has 2 aliphatic rings. The van der Waals surface area contributed by atoms with E-state index >= 15 is 0 Å². The Morgan fingerprint density at radius 1 is 0.643 bits per heavy atom. The van der Waals surface area contributed by atoms with Gasteiger partial charge in [-0.1, -0.05) is 160 Å². The number of fused-ring (bicyclic) bond motifs is 15. The summed E-state index contributed by atoms with van der Waals surface area (Å²) in [5.74, 6) is 1.09. The molecule has 3 aromatic heterocycles. The van der Waals surface area contributed by atoms with E-state index in [1.54, 1.807) is 12.1 Å². The van der Waals surface area contributed by atoms with Gasteiger partial charge in [0.15, 0.2) is 23.3 Å². The van der Waals surface area contributed by atoms with Crippen LogP contribution in [0, 0.1) is 5.82 Å². The average Bonchev–Trinajstić information content (AvgIpc) is 3.95. The minimum Gasteiger partial charge on any atom is -0.207 e. The zero-order valence-electron chi connectivity index (χ0n) is 39.7. The van der Waals surface area contributed by atoms with E-state index in [-0.39, 0.29) is 17.8 Å². The fourth-order valence-corrected chi connectivity index (χ4v) is 14.1. The number of aryl methyl sites for hydroxylation is 1. The van der Waals surface area contributed by atoms with Crippen LogP contribution in [0.2, 0.25) is 19.6 Å². The van der Waals surface area contributed by atoms with Crippen molar-refractivity contribution in [2.24, 2.45) is 0 Å². The lowest BCUT2D eigenvalue weighted by molar-refractivity contribution is -0.719. The molecule has 338 valence electrons. The Bertz CT molecular complexity index is 3860. The summed E-state index contributed by atoms with van der Waals surface area (Å²) in [6.45, 7) is 12.5. The number of hydrogen-bond acceptors (Lipinski definition) is 1. The van der Waals surface area contributed by atoms with Crippen molar-refractivity contribution in [3.63, 3.8) is 0 Å². The fraction of sp³-hybridized carbons (Fsp3) is 0.125. The van der Waals surface area contributed by atoms with E-state index in [0.29, 0.717) is 0 Å². The SMILES string of the molecule is C=C1CC2C(CCc3cc(-c4ccc(F)cc4)c4c(sc5cc(-c6ccccc6)ccc54)c3-c3n(-c4ccc(-c5ccccc5)cc4)c4ccccc4[n+]31)c1ccccc1-c1ccc([Si](C)(C)C)c[n+]12. The van der Waals surface area contributed by atoms with E-state index in [9.17, 15) is 4.39 Å². The molecule has 0 amide bonds. The average molecular weight is 942 g/mol. The molecule has 0 aliphatic carbocycles. The van der Waals surface area contributed by atoms with Crippen LogP contribution in [0.3, 0.4) is 0 Å². The molecular formula is C64H52FN3SSi+2. The molecular weight excluding hydrogens is 890 g/mol. The summed E-state index contributed by atoms with van der Waals surface area (Å²) < 4.78 is 25.0. The number of nitrogens with zero attached hydrogens (tertiary/aromatic N) is 3. The second-order valence-corrected chi connectivity index (χ2v) is 26.4. The first-order valence-corrected chi connectivity index (χ1v) is 28.9. The van der Waals surface area contributed by atoms with Crippen molar-refractivity contribution in [1.29, 1.82) is 0 Å². The monoisotopic (exact) mass is 941 g/mol. The third kappa shape index (κ3) is 6.95. The van der Waals surface area contributed by atoms with Crippen molar-refractivity contribution >= 4 is 61.5 Å². The molecule has 3 nitrogen and oxygen atoms in total. The summed E-state index contributed by atoms with van der Waals surface area (Å²) in [4.78, 5) is 0. The lowest BCUT2D eigenvalue weighted by Crippen LogP contribution is -2.53. The van der Waals surface area contributed by atoms with Gasteiger partial charge in [0.2, 0.25) is 5.69 Å². The number of aromatic nitrogens is 3. The predicted molar refractivity (Wildman–Crippen MR) is 293 cm³/mol. The van der Waals surface area contributed by atoms with Gasteiger partial charge in [-0.2, -0.15) is 13.7 Å². The molecule has 0 saturated carbocycles. The summed E-state index contributed by atoms with van der Waals surface area (Å²) in [5.41, 5.74) is 17.8. The second-order valence-electron chi connectivity index (χ2n) is 20.3. The molecule has 8 aromatic carbocycles. The first-order chi connectivity index (χ1) is 34.2. The van der Waals surface area contributed by atoms with Crippen LogP contribution in [0.5, 0.6) is 0 Å². The number of para-hydroxylation sites is 2. The largest absolute Gasteiger partial charge is 0.301 e. The molecule has 13 rings (SSSR count). The molecule has 70 heavy (non-hydrogen) atoms. The van der Waals surface area contributed by atoms with Crippen molar-refractivity contribution in [2.75, 3.05) is 0 Å². The van der Waals surface area contributed by atoms with Gasteiger partial charge in [-0.3, -0.25) is 0 Å². The Hall–Kier alpha value is -7.51. The lowest BCUT2D eigenvalue weighted by Gasteiger charge is -2.32. The van der Waals surface area contributed by atoms with Gasteiger partial charge in [0, 0.05) is 38.2 Å². The van der Waals surface area contributed by atoms with E-state index in [1.807, 2.05) is 23.5 Å². The quantitative estimate of drug-likeness (QED) is 0.120. The molecule has 0 bridgehead atoms. The van der Waals surface area contributed by atoms with Crippen LogP contribution in [0.25, 0.3) is 98.6 Å². The van der Waals surface area contributed by atoms with Crippen molar-refractivity contribution in [3.05, 3.63) is 224 Å². The Balaban J connectivity index is 1.14. The van der Waals surface area contributed by atoms with Crippen molar-refractivity contribution in [3.8, 4) is 61.7 Å². The van der Waals surface area contributed by atoms with E-state index in [2.05, 4.69) is 209 Å². The summed E-state index contributed by atoms with van der Waals surface area (Å²) in [7, 11) is -1.68. The highest BCUT2D eigenvalue weighted by Crippen LogP contribution is 2.51. The highest BCUT2D eigenvalue weighted by Gasteiger charge is 2.44. The topological polar surface area (TPSA) is 12.7 Å². The molecule has 0 spiro atoms. The molecule has 2 aliphatic heterocycles. The highest BCUT2D eigenvalue weighted by molar-refractivity contribution is 7.26. The Labute approximate surface area is 413 Å². The Morgan fingerprint density at radius 3 is 2.06 bits per heavy atom. The number of benzene rings is 8. The maximum absolute atomic E-state index is 14.9. The molecule has 2 atom stereocenters. The first kappa shape index (κ1) is 42.6. The maximum Gasteiger partial charge on any atom is 0.301 e. The maximum atomic E-state index is 14.9. The van der Waals surface area contributed by atoms with Crippen molar-refractivity contribution in [2.45, 2.75) is 50.9 Å². The molecule has 11 aromatic rings. The summed E-state index contributed by atoms with van der Waals surface area (Å²) in [6.07, 6.45) is 5.05. The smallest absolute Gasteiger partial charge is 0.207 e. The molecule has 2 unspecified atom stereocenters. The lowest BCUT2D eigenvalue weighted by atomic mass is 9.77. The number of pyridine rings is 1. The van der Waals surface area contributed by atoms with Crippen LogP contribution >= 0.6 is 11.3 Å². The van der Waals surface area contributed by atoms with Crippen LogP contribution in [-0.2, 0) is 6.42 Å². The Kier molecular flexibility index (Phi) is 10.1. The molecule has 0 N–H and O–H groups in total. The minimum atomic E-state index is -1.68. The standard InChI is InChI=1S/C64H52FN3SSi/c1-41-37-59-53(51-19-11-12-20-52(51)56-36-33-50(40-66(56)59)70(2,3)4)34-28-47-38-55(45-23-29-48(65)30-24-45)62-54-35-27-46(43-17-9-6-10-18-43)39-60(54)69-63(62)61(47)64-67(41)57-21-13-14-22-58(57)68(64)49-31-25-44(26-32-49)42-15-7-5-8-16-42/h5-27,29-33,35-36,38-40,53,59H,1,28,34,37H2,2-4H3/q+2. The first-order valence-electron chi connectivity index (χ1n) is 24.6. The van der Waals surface area contributed by atoms with Crippen LogP contribution in [-0.4, -0.2) is 12.6 Å². The third-order valence-electron chi connectivity index (χ3n) is 15.1. The highest BCUT2D eigenvalue weighted by atomic mass is 32.1. The van der Waals surface area contributed by atoms with E-state index in [4.69, 9.17) is 6.58 Å². The van der Waals surface area contributed by atoms with E-state index in [1.165, 1.54) is 75.6 Å². The number of rotatable bonds is 5. The molecule has 0 saturated heterocycles. The van der Waals surface area contributed by atoms with Gasteiger partial charge < -0.3 is 0 Å². The zero-order valence-corrected chi connectivity index (χ0v) is 41.5.